The Morgan fingerprint density at radius 2 is 1.13 bits per heavy atom. The van der Waals surface area contributed by atoms with Crippen molar-refractivity contribution < 1.29 is 0 Å². The van der Waals surface area contributed by atoms with E-state index in [0.717, 1.165) is 12.8 Å². The summed E-state index contributed by atoms with van der Waals surface area (Å²) in [5.41, 5.74) is 2.89. The lowest BCUT2D eigenvalue weighted by atomic mass is 10.1. The summed E-state index contributed by atoms with van der Waals surface area (Å²) in [7, 11) is 0. The van der Waals surface area contributed by atoms with Gasteiger partial charge in [-0.2, -0.15) is 0 Å². The molecule has 0 aliphatic heterocycles. The molecule has 0 nitrogen and oxygen atoms in total. The molecule has 0 heteroatoms. The zero-order valence-corrected chi connectivity index (χ0v) is 11.4. The molecule has 0 fully saturated rings. The fourth-order valence-electron chi connectivity index (χ4n) is 1.07. The summed E-state index contributed by atoms with van der Waals surface area (Å²) < 4.78 is 0. The van der Waals surface area contributed by atoms with Crippen molar-refractivity contribution >= 4 is 0 Å². The van der Waals surface area contributed by atoms with Crippen LogP contribution in [-0.2, 0) is 12.8 Å². The van der Waals surface area contributed by atoms with Gasteiger partial charge in [-0.05, 0) is 24.0 Å². The first-order valence-corrected chi connectivity index (χ1v) is 6.36. The molecule has 0 N–H and O–H groups in total. The van der Waals surface area contributed by atoms with Crippen molar-refractivity contribution in [3.05, 3.63) is 35.4 Å². The lowest BCUT2D eigenvalue weighted by molar-refractivity contribution is 1.09. The third-order valence-electron chi connectivity index (χ3n) is 1.81. The maximum Gasteiger partial charge on any atom is -0.0307 e. The number of benzene rings is 1. The lowest BCUT2D eigenvalue weighted by Gasteiger charge is -1.98. The molecular weight excluding hydrogens is 180 g/mol. The maximum absolute atomic E-state index is 2.28. The van der Waals surface area contributed by atoms with Crippen LogP contribution in [0.5, 0.6) is 0 Å². The van der Waals surface area contributed by atoms with Crippen molar-refractivity contribution in [1.82, 2.24) is 0 Å². The van der Waals surface area contributed by atoms with Crippen LogP contribution in [0.15, 0.2) is 24.3 Å². The lowest BCUT2D eigenvalue weighted by Crippen LogP contribution is -1.83. The molecule has 0 aliphatic carbocycles. The molecule has 0 bridgehead atoms. The second-order valence-corrected chi connectivity index (χ2v) is 3.23. The van der Waals surface area contributed by atoms with E-state index in [0.29, 0.717) is 0 Å². The van der Waals surface area contributed by atoms with Crippen LogP contribution in [-0.4, -0.2) is 0 Å². The van der Waals surface area contributed by atoms with Crippen LogP contribution in [0, 0.1) is 0 Å². The summed E-state index contributed by atoms with van der Waals surface area (Å²) in [4.78, 5) is 0. The van der Waals surface area contributed by atoms with Gasteiger partial charge in [-0.3, -0.25) is 0 Å². The van der Waals surface area contributed by atoms with Crippen LogP contribution < -0.4 is 0 Å². The summed E-state index contributed by atoms with van der Waals surface area (Å²) in [6.45, 7) is 12.6. The molecule has 0 radical (unpaired) electrons. The number of rotatable bonds is 2. The second kappa shape index (κ2) is 13.2. The molecule has 88 valence electrons. The molecule has 0 unspecified atom stereocenters. The van der Waals surface area contributed by atoms with E-state index in [-0.39, 0.29) is 0 Å². The highest BCUT2D eigenvalue weighted by Gasteiger charge is 1.89. The van der Waals surface area contributed by atoms with E-state index >= 15 is 0 Å². The van der Waals surface area contributed by atoms with Gasteiger partial charge >= 0.3 is 0 Å². The fourth-order valence-corrected chi connectivity index (χ4v) is 1.07. The summed E-state index contributed by atoms with van der Waals surface area (Å²) in [6, 6.07) is 8.77. The van der Waals surface area contributed by atoms with Gasteiger partial charge in [-0.25, -0.2) is 0 Å². The highest BCUT2D eigenvalue weighted by Crippen LogP contribution is 2.05. The number of hydrogen-bond donors (Lipinski definition) is 0. The highest BCUT2D eigenvalue weighted by molar-refractivity contribution is 5.23. The Balaban J connectivity index is 0. The highest BCUT2D eigenvalue weighted by atomic mass is 13.9. The Morgan fingerprint density at radius 1 is 0.800 bits per heavy atom. The minimum Gasteiger partial charge on any atom is -0.0683 e. The van der Waals surface area contributed by atoms with Gasteiger partial charge in [0.2, 0.25) is 0 Å². The largest absolute Gasteiger partial charge is 0.0683 e. The summed E-state index contributed by atoms with van der Waals surface area (Å²) in [5, 5.41) is 0. The predicted molar refractivity (Wildman–Crippen MR) is 72.5 cm³/mol. The van der Waals surface area contributed by atoms with Crippen molar-refractivity contribution in [2.75, 3.05) is 0 Å². The summed E-state index contributed by atoms with van der Waals surface area (Å²) in [6.07, 6.45) is 3.54. The first-order valence-electron chi connectivity index (χ1n) is 6.36. The van der Waals surface area contributed by atoms with Crippen LogP contribution in [0.4, 0.5) is 0 Å². The van der Waals surface area contributed by atoms with Crippen molar-refractivity contribution in [2.24, 2.45) is 0 Å². The average molecular weight is 208 g/mol. The zero-order chi connectivity index (χ0) is 12.1. The molecule has 1 rings (SSSR count). The molecule has 15 heavy (non-hydrogen) atoms. The van der Waals surface area contributed by atoms with Gasteiger partial charge in [0.05, 0.1) is 0 Å². The van der Waals surface area contributed by atoms with Gasteiger partial charge in [0, 0.05) is 0 Å². The molecule has 0 heterocycles. The number of aryl methyl sites for hydroxylation is 2. The Bertz CT molecular complexity index is 194. The smallest absolute Gasteiger partial charge is 0.0307 e. The minimum atomic E-state index is 1.15. The number of hydrogen-bond acceptors (Lipinski definition) is 0. The van der Waals surface area contributed by atoms with E-state index < -0.39 is 0 Å². The maximum atomic E-state index is 2.28. The minimum absolute atomic E-state index is 1.15. The van der Waals surface area contributed by atoms with Crippen LogP contribution in [0.25, 0.3) is 0 Å². The molecular formula is C15H28. The molecule has 0 atom stereocenters. The van der Waals surface area contributed by atoms with Gasteiger partial charge in [-0.15, -0.1) is 0 Å². The second-order valence-electron chi connectivity index (χ2n) is 3.23. The summed E-state index contributed by atoms with van der Waals surface area (Å²) in [5.74, 6) is 0. The average Bonchev–Trinajstić information content (AvgIpc) is 2.33. The van der Waals surface area contributed by atoms with E-state index in [9.17, 15) is 0 Å². The molecule has 0 aliphatic rings. The van der Waals surface area contributed by atoms with Crippen LogP contribution in [0.2, 0.25) is 0 Å². The predicted octanol–water partition coefficient (Wildman–Crippen LogP) is 5.25. The first kappa shape index (κ1) is 16.6. The molecule has 0 saturated heterocycles. The monoisotopic (exact) mass is 208 g/mol. The van der Waals surface area contributed by atoms with Crippen molar-refractivity contribution in [3.8, 4) is 0 Å². The fraction of sp³-hybridized carbons (Fsp3) is 0.600. The topological polar surface area (TPSA) is 0 Å². The quantitative estimate of drug-likeness (QED) is 0.622. The molecule has 1 aromatic rings. The van der Waals surface area contributed by atoms with Crippen molar-refractivity contribution in [3.63, 3.8) is 0 Å². The molecule has 0 saturated carbocycles. The Morgan fingerprint density at radius 3 is 1.40 bits per heavy atom. The third kappa shape index (κ3) is 9.52. The normalized spacial score (nSPS) is 8.13. The van der Waals surface area contributed by atoms with Crippen LogP contribution >= 0.6 is 0 Å². The molecule has 0 amide bonds. The Hall–Kier alpha value is -0.780. The zero-order valence-electron chi connectivity index (χ0n) is 11.4. The van der Waals surface area contributed by atoms with E-state index in [1.807, 2.05) is 13.8 Å². The van der Waals surface area contributed by atoms with E-state index in [2.05, 4.69) is 52.0 Å². The van der Waals surface area contributed by atoms with Crippen molar-refractivity contribution in [2.45, 2.75) is 60.8 Å². The first-order chi connectivity index (χ1) is 7.28. The standard InChI is InChI=1S/C10H14.C3H8.C2H6/c1-3-9-6-5-7-10(4-2)8-9;1-3-2;1-2/h5-8H,3-4H2,1-2H3;3H2,1-2H3;1-2H3. The van der Waals surface area contributed by atoms with E-state index in [1.54, 1.807) is 0 Å². The van der Waals surface area contributed by atoms with Gasteiger partial charge in [0.15, 0.2) is 0 Å². The van der Waals surface area contributed by atoms with Crippen LogP contribution in [0.3, 0.4) is 0 Å². The van der Waals surface area contributed by atoms with Gasteiger partial charge in [-0.1, -0.05) is 72.2 Å². The SMILES string of the molecule is CC.CCC.CCc1cccc(CC)c1. The van der Waals surface area contributed by atoms with E-state index in [4.69, 9.17) is 0 Å². The Labute approximate surface area is 96.7 Å². The molecule has 1 aromatic carbocycles. The van der Waals surface area contributed by atoms with Crippen LogP contribution in [0.1, 0.15) is 59.1 Å². The Kier molecular flexibility index (Phi) is 14.7. The van der Waals surface area contributed by atoms with E-state index in [1.165, 1.54) is 17.5 Å². The van der Waals surface area contributed by atoms with Crippen molar-refractivity contribution in [1.29, 1.82) is 0 Å². The third-order valence-corrected chi connectivity index (χ3v) is 1.81. The van der Waals surface area contributed by atoms with Gasteiger partial charge < -0.3 is 0 Å². The summed E-state index contributed by atoms with van der Waals surface area (Å²) >= 11 is 0. The molecule has 0 spiro atoms. The van der Waals surface area contributed by atoms with Gasteiger partial charge in [0.1, 0.15) is 0 Å². The molecule has 0 aromatic heterocycles. The van der Waals surface area contributed by atoms with Gasteiger partial charge in [0.25, 0.3) is 0 Å².